The molecule has 0 spiro atoms. The molecule has 0 fully saturated rings. The monoisotopic (exact) mass is 582 g/mol. The van der Waals surface area contributed by atoms with E-state index in [0.29, 0.717) is 22.8 Å². The van der Waals surface area contributed by atoms with E-state index in [9.17, 15) is 18.0 Å². The summed E-state index contributed by atoms with van der Waals surface area (Å²) in [5.41, 5.74) is 4.12. The van der Waals surface area contributed by atoms with Crippen molar-refractivity contribution in [1.82, 2.24) is 10.7 Å². The number of sulfonamides is 1. The first-order valence-corrected chi connectivity index (χ1v) is 14.1. The van der Waals surface area contributed by atoms with Gasteiger partial charge in [-0.25, -0.2) is 13.8 Å². The molecule has 0 aliphatic heterocycles. The van der Waals surface area contributed by atoms with Crippen LogP contribution >= 0.6 is 0 Å². The standard InChI is InChI=1S/C29H34N4O7S/c1-20(2)31-29(35)19-40-24-11-8-22(9-12-24)17-30-32-28(34)18-33(23-10-15-26(38-4)27(16-23)39-5)41(36,37)25-13-6-21(3)7-14-25/h6-17,20H,18-19H2,1-5H3,(H,31,35)(H,32,34)/b30-17-. The minimum Gasteiger partial charge on any atom is -0.493 e. The summed E-state index contributed by atoms with van der Waals surface area (Å²) in [6.07, 6.45) is 1.41. The lowest BCUT2D eigenvalue weighted by atomic mass is 10.2. The lowest BCUT2D eigenvalue weighted by Gasteiger charge is -2.24. The Morgan fingerprint density at radius 1 is 0.927 bits per heavy atom. The second-order valence-electron chi connectivity index (χ2n) is 9.24. The summed E-state index contributed by atoms with van der Waals surface area (Å²) in [6, 6.07) is 17.7. The van der Waals surface area contributed by atoms with Crippen molar-refractivity contribution in [1.29, 1.82) is 0 Å². The predicted octanol–water partition coefficient (Wildman–Crippen LogP) is 3.26. The van der Waals surface area contributed by atoms with Crippen LogP contribution in [0.4, 0.5) is 5.69 Å². The van der Waals surface area contributed by atoms with Crippen LogP contribution in [0.2, 0.25) is 0 Å². The molecule has 0 radical (unpaired) electrons. The molecule has 41 heavy (non-hydrogen) atoms. The van der Waals surface area contributed by atoms with Gasteiger partial charge in [-0.15, -0.1) is 0 Å². The molecule has 0 aliphatic rings. The molecule has 11 nitrogen and oxygen atoms in total. The zero-order valence-corrected chi connectivity index (χ0v) is 24.4. The summed E-state index contributed by atoms with van der Waals surface area (Å²) >= 11 is 0. The van der Waals surface area contributed by atoms with Gasteiger partial charge in [0.2, 0.25) is 0 Å². The highest BCUT2D eigenvalue weighted by Crippen LogP contribution is 2.33. The van der Waals surface area contributed by atoms with Crippen LogP contribution in [0.3, 0.4) is 0 Å². The van der Waals surface area contributed by atoms with Crippen molar-refractivity contribution in [2.24, 2.45) is 5.10 Å². The Labute approximate surface area is 240 Å². The third-order valence-corrected chi connectivity index (χ3v) is 7.44. The first-order chi connectivity index (χ1) is 19.5. The van der Waals surface area contributed by atoms with Crippen molar-refractivity contribution in [3.63, 3.8) is 0 Å². The maximum atomic E-state index is 13.6. The number of ether oxygens (including phenoxy) is 3. The largest absolute Gasteiger partial charge is 0.493 e. The number of rotatable bonds is 13. The summed E-state index contributed by atoms with van der Waals surface area (Å²) in [4.78, 5) is 24.6. The summed E-state index contributed by atoms with van der Waals surface area (Å²) in [5.74, 6) is 0.327. The van der Waals surface area contributed by atoms with Gasteiger partial charge in [0.15, 0.2) is 18.1 Å². The van der Waals surface area contributed by atoms with Crippen LogP contribution in [-0.4, -0.2) is 59.9 Å². The lowest BCUT2D eigenvalue weighted by Crippen LogP contribution is -2.39. The molecule has 0 unspecified atom stereocenters. The summed E-state index contributed by atoms with van der Waals surface area (Å²) in [7, 11) is -1.23. The third-order valence-electron chi connectivity index (χ3n) is 5.65. The van der Waals surface area contributed by atoms with E-state index in [4.69, 9.17) is 14.2 Å². The molecule has 0 aromatic heterocycles. The number of hydrogen-bond acceptors (Lipinski definition) is 8. The van der Waals surface area contributed by atoms with Gasteiger partial charge in [0, 0.05) is 12.1 Å². The molecule has 2 N–H and O–H groups in total. The molecule has 3 aromatic carbocycles. The minimum absolute atomic E-state index is 0.0220. The number of carbonyl (C=O) groups excluding carboxylic acids is 2. The Bertz CT molecular complexity index is 1470. The second-order valence-corrected chi connectivity index (χ2v) is 11.1. The zero-order valence-electron chi connectivity index (χ0n) is 23.6. The zero-order chi connectivity index (χ0) is 30.0. The molecule has 0 aliphatic carbocycles. The van der Waals surface area contributed by atoms with Gasteiger partial charge in [-0.2, -0.15) is 5.10 Å². The first kappa shape index (κ1) is 31.0. The fraction of sp³-hybridized carbons (Fsp3) is 0.276. The van der Waals surface area contributed by atoms with Gasteiger partial charge in [0.25, 0.3) is 21.8 Å². The minimum atomic E-state index is -4.13. The number of benzene rings is 3. The van der Waals surface area contributed by atoms with Crippen LogP contribution in [0, 0.1) is 6.92 Å². The quantitative estimate of drug-likeness (QED) is 0.233. The average molecular weight is 583 g/mol. The highest BCUT2D eigenvalue weighted by Gasteiger charge is 2.28. The molecule has 0 saturated heterocycles. The van der Waals surface area contributed by atoms with E-state index in [-0.39, 0.29) is 29.1 Å². The number of methoxy groups -OCH3 is 2. The SMILES string of the molecule is COc1ccc(N(CC(=O)N/N=C\c2ccc(OCC(=O)NC(C)C)cc2)S(=O)(=O)c2ccc(C)cc2)cc1OC. The van der Waals surface area contributed by atoms with Crippen LogP contribution in [0.25, 0.3) is 0 Å². The third kappa shape index (κ3) is 8.70. The molecule has 0 saturated carbocycles. The maximum absolute atomic E-state index is 13.6. The fourth-order valence-corrected chi connectivity index (χ4v) is 5.05. The van der Waals surface area contributed by atoms with E-state index < -0.39 is 22.5 Å². The van der Waals surface area contributed by atoms with E-state index in [0.717, 1.165) is 9.87 Å². The molecule has 218 valence electrons. The van der Waals surface area contributed by atoms with Gasteiger partial charge in [0.05, 0.1) is 31.0 Å². The number of nitrogens with zero attached hydrogens (tertiary/aromatic N) is 2. The second kappa shape index (κ2) is 14.2. The van der Waals surface area contributed by atoms with Gasteiger partial charge < -0.3 is 19.5 Å². The normalized spacial score (nSPS) is 11.3. The van der Waals surface area contributed by atoms with Gasteiger partial charge in [-0.3, -0.25) is 13.9 Å². The van der Waals surface area contributed by atoms with E-state index in [1.54, 1.807) is 42.5 Å². The molecule has 0 heterocycles. The highest BCUT2D eigenvalue weighted by molar-refractivity contribution is 7.92. The Morgan fingerprint density at radius 2 is 1.59 bits per heavy atom. The Balaban J connectivity index is 1.73. The topological polar surface area (TPSA) is 136 Å². The van der Waals surface area contributed by atoms with E-state index >= 15 is 0 Å². The summed E-state index contributed by atoms with van der Waals surface area (Å²) in [5, 5.41) is 6.70. The highest BCUT2D eigenvalue weighted by atomic mass is 32.2. The molecule has 12 heteroatoms. The number of nitrogens with one attached hydrogen (secondary N) is 2. The van der Waals surface area contributed by atoms with Crippen molar-refractivity contribution >= 4 is 33.7 Å². The molecular weight excluding hydrogens is 548 g/mol. The van der Waals surface area contributed by atoms with Crippen LogP contribution in [0.1, 0.15) is 25.0 Å². The van der Waals surface area contributed by atoms with Gasteiger partial charge in [-0.05, 0) is 74.9 Å². The number of hydrazone groups is 1. The molecule has 2 amide bonds. The van der Waals surface area contributed by atoms with Crippen LogP contribution in [-0.2, 0) is 19.6 Å². The van der Waals surface area contributed by atoms with Crippen LogP contribution < -0.4 is 29.3 Å². The van der Waals surface area contributed by atoms with Gasteiger partial charge in [-0.1, -0.05) is 17.7 Å². The van der Waals surface area contributed by atoms with Crippen molar-refractivity contribution in [3.8, 4) is 17.2 Å². The van der Waals surface area contributed by atoms with Crippen LogP contribution in [0.5, 0.6) is 17.2 Å². The van der Waals surface area contributed by atoms with E-state index in [2.05, 4.69) is 15.8 Å². The molecule has 3 rings (SSSR count). The van der Waals surface area contributed by atoms with Crippen molar-refractivity contribution < 1.29 is 32.2 Å². The molecule has 0 bridgehead atoms. The number of hydrogen-bond donors (Lipinski definition) is 2. The fourth-order valence-electron chi connectivity index (χ4n) is 3.64. The number of carbonyl (C=O) groups is 2. The number of amides is 2. The Hall–Kier alpha value is -4.58. The Morgan fingerprint density at radius 3 is 2.20 bits per heavy atom. The van der Waals surface area contributed by atoms with Crippen molar-refractivity contribution in [2.45, 2.75) is 31.7 Å². The van der Waals surface area contributed by atoms with E-state index in [1.807, 2.05) is 20.8 Å². The number of aryl methyl sites for hydroxylation is 1. The number of anilines is 1. The summed E-state index contributed by atoms with van der Waals surface area (Å²) in [6.45, 7) is 4.92. The van der Waals surface area contributed by atoms with E-state index in [1.165, 1.54) is 44.7 Å². The van der Waals surface area contributed by atoms with Gasteiger partial charge in [0.1, 0.15) is 12.3 Å². The smallest absolute Gasteiger partial charge is 0.264 e. The predicted molar refractivity (Wildman–Crippen MR) is 156 cm³/mol. The Kier molecular flexibility index (Phi) is 10.7. The average Bonchev–Trinajstić information content (AvgIpc) is 2.95. The summed E-state index contributed by atoms with van der Waals surface area (Å²) < 4.78 is 44.2. The maximum Gasteiger partial charge on any atom is 0.264 e. The lowest BCUT2D eigenvalue weighted by molar-refractivity contribution is -0.123. The van der Waals surface area contributed by atoms with Crippen molar-refractivity contribution in [2.75, 3.05) is 31.7 Å². The molecular formula is C29H34N4O7S. The first-order valence-electron chi connectivity index (χ1n) is 12.7. The molecule has 0 atom stereocenters. The molecule has 3 aromatic rings. The van der Waals surface area contributed by atoms with Crippen molar-refractivity contribution in [3.05, 3.63) is 77.9 Å². The van der Waals surface area contributed by atoms with Gasteiger partial charge >= 0.3 is 0 Å². The van der Waals surface area contributed by atoms with Crippen LogP contribution in [0.15, 0.2) is 76.7 Å².